The van der Waals surface area contributed by atoms with Gasteiger partial charge in [0.2, 0.25) is 0 Å². The van der Waals surface area contributed by atoms with Crippen LogP contribution in [0.15, 0.2) is 9.59 Å². The zero-order valence-electron chi connectivity index (χ0n) is 12.8. The maximum atomic E-state index is 12.3. The first-order valence-corrected chi connectivity index (χ1v) is 7.09. The monoisotopic (exact) mass is 312 g/mol. The van der Waals surface area contributed by atoms with E-state index >= 15 is 0 Å². The van der Waals surface area contributed by atoms with Crippen LogP contribution in [-0.4, -0.2) is 58.1 Å². The van der Waals surface area contributed by atoms with Crippen LogP contribution in [0.5, 0.6) is 0 Å². The van der Waals surface area contributed by atoms with E-state index in [4.69, 9.17) is 4.74 Å². The molecule has 9 nitrogen and oxygen atoms in total. The molecule has 2 aliphatic rings. The molecule has 1 fully saturated rings. The van der Waals surface area contributed by atoms with Gasteiger partial charge in [0, 0.05) is 27.6 Å². The first-order valence-electron chi connectivity index (χ1n) is 7.09. The van der Waals surface area contributed by atoms with Crippen LogP contribution in [0.2, 0.25) is 0 Å². The third kappa shape index (κ3) is 1.97. The minimum atomic E-state index is -0.770. The van der Waals surface area contributed by atoms with Crippen LogP contribution in [-0.2, 0) is 18.8 Å². The average Bonchev–Trinajstić information content (AvgIpc) is 3.03. The minimum Gasteiger partial charge on any atom is -0.394 e. The van der Waals surface area contributed by atoms with Crippen molar-refractivity contribution in [3.05, 3.63) is 20.8 Å². The largest absolute Gasteiger partial charge is 0.394 e. The van der Waals surface area contributed by atoms with Gasteiger partial charge in [0.15, 0.2) is 0 Å². The molecule has 0 saturated carbocycles. The van der Waals surface area contributed by atoms with Crippen molar-refractivity contribution in [2.24, 2.45) is 14.1 Å². The Morgan fingerprint density at radius 2 is 1.91 bits per heavy atom. The molecule has 0 bridgehead atoms. The summed E-state index contributed by atoms with van der Waals surface area (Å²) in [7, 11) is 4.81. The van der Waals surface area contributed by atoms with Crippen molar-refractivity contribution < 1.29 is 14.9 Å². The van der Waals surface area contributed by atoms with Crippen LogP contribution >= 0.6 is 0 Å². The molecule has 2 aliphatic heterocycles. The number of hydrogen-bond acceptors (Lipinski definition) is 7. The summed E-state index contributed by atoms with van der Waals surface area (Å²) in [5, 5.41) is 19.1. The number of fused-ring (bicyclic) bond motifs is 1. The van der Waals surface area contributed by atoms with Crippen LogP contribution in [0, 0.1) is 0 Å². The van der Waals surface area contributed by atoms with E-state index in [1.54, 1.807) is 23.9 Å². The van der Waals surface area contributed by atoms with Gasteiger partial charge in [0.1, 0.15) is 23.8 Å². The lowest BCUT2D eigenvalue weighted by Crippen LogP contribution is -2.41. The van der Waals surface area contributed by atoms with Crippen molar-refractivity contribution in [1.29, 1.82) is 0 Å². The molecule has 0 amide bonds. The van der Waals surface area contributed by atoms with Crippen molar-refractivity contribution in [2.45, 2.75) is 24.9 Å². The van der Waals surface area contributed by atoms with Gasteiger partial charge in [-0.15, -0.1) is 0 Å². The third-order valence-corrected chi connectivity index (χ3v) is 4.36. The Labute approximate surface area is 126 Å². The van der Waals surface area contributed by atoms with Gasteiger partial charge < -0.3 is 24.7 Å². The van der Waals surface area contributed by atoms with E-state index in [1.807, 2.05) is 0 Å². The third-order valence-electron chi connectivity index (χ3n) is 4.36. The second kappa shape index (κ2) is 5.11. The second-order valence-electron chi connectivity index (χ2n) is 5.80. The molecule has 1 aromatic rings. The molecule has 3 heterocycles. The fourth-order valence-corrected chi connectivity index (χ4v) is 3.14. The number of nitrogens with zero attached hydrogens (tertiary/aromatic N) is 4. The Balaban J connectivity index is 2.07. The van der Waals surface area contributed by atoms with Crippen molar-refractivity contribution in [2.75, 3.05) is 30.1 Å². The highest BCUT2D eigenvalue weighted by atomic mass is 16.5. The molecule has 2 N–H and O–H groups in total. The summed E-state index contributed by atoms with van der Waals surface area (Å²) in [4.78, 5) is 28.0. The number of aliphatic hydroxyl groups excluding tert-OH is 2. The molecule has 0 aliphatic carbocycles. The first kappa shape index (κ1) is 15.1. The molecular formula is C13H20N4O5. The summed E-state index contributed by atoms with van der Waals surface area (Å²) in [6.45, 7) is 0.0983. The standard InChI is InChI=1S/C13H20N4O5/c1-14-6-17(9-4-7(19)8(5-18)22-9)11-10(14)12(20)16(3)13(21)15(11)2/h7-9,18-19H,4-6H2,1-3H3/t7-,8+,9+/m0/s1. The normalized spacial score (nSPS) is 27.6. The van der Waals surface area contributed by atoms with E-state index in [0.717, 1.165) is 4.57 Å². The SMILES string of the molecule is CN1CN([C@H]2C[C@H](O)[C@@H](CO)O2)c2c1c(=O)n(C)c(=O)n2C. The van der Waals surface area contributed by atoms with Gasteiger partial charge in [-0.05, 0) is 0 Å². The Hall–Kier alpha value is -1.84. The highest BCUT2D eigenvalue weighted by Crippen LogP contribution is 2.35. The molecule has 3 rings (SSSR count). The Bertz CT molecular complexity index is 712. The molecule has 1 saturated heterocycles. The summed E-state index contributed by atoms with van der Waals surface area (Å²) in [5.74, 6) is 0.478. The van der Waals surface area contributed by atoms with Crippen molar-refractivity contribution in [3.8, 4) is 0 Å². The Morgan fingerprint density at radius 1 is 1.23 bits per heavy atom. The second-order valence-corrected chi connectivity index (χ2v) is 5.80. The lowest BCUT2D eigenvalue weighted by Gasteiger charge is -2.27. The molecule has 0 aromatic carbocycles. The van der Waals surface area contributed by atoms with Crippen molar-refractivity contribution in [1.82, 2.24) is 9.13 Å². The molecule has 1 aromatic heterocycles. The number of rotatable bonds is 2. The fourth-order valence-electron chi connectivity index (χ4n) is 3.14. The molecular weight excluding hydrogens is 292 g/mol. The number of aliphatic hydroxyl groups is 2. The van der Waals surface area contributed by atoms with E-state index in [0.29, 0.717) is 24.6 Å². The predicted molar refractivity (Wildman–Crippen MR) is 79.0 cm³/mol. The molecule has 0 spiro atoms. The predicted octanol–water partition coefficient (Wildman–Crippen LogP) is -2.23. The lowest BCUT2D eigenvalue weighted by molar-refractivity contribution is -0.0221. The van der Waals surface area contributed by atoms with E-state index < -0.39 is 24.1 Å². The Kier molecular flexibility index (Phi) is 3.50. The summed E-state index contributed by atoms with van der Waals surface area (Å²) in [6.07, 6.45) is -1.61. The summed E-state index contributed by atoms with van der Waals surface area (Å²) in [6, 6.07) is 0. The maximum absolute atomic E-state index is 12.3. The molecule has 0 unspecified atom stereocenters. The van der Waals surface area contributed by atoms with Gasteiger partial charge in [-0.25, -0.2) is 4.79 Å². The van der Waals surface area contributed by atoms with Gasteiger partial charge in [-0.2, -0.15) is 0 Å². The van der Waals surface area contributed by atoms with E-state index in [9.17, 15) is 19.8 Å². The zero-order valence-corrected chi connectivity index (χ0v) is 12.8. The van der Waals surface area contributed by atoms with Gasteiger partial charge in [0.05, 0.1) is 19.4 Å². The summed E-state index contributed by atoms with van der Waals surface area (Å²) in [5.41, 5.74) is -0.350. The quantitative estimate of drug-likeness (QED) is 0.637. The molecule has 22 heavy (non-hydrogen) atoms. The van der Waals surface area contributed by atoms with Gasteiger partial charge in [-0.3, -0.25) is 13.9 Å². The smallest absolute Gasteiger partial charge is 0.332 e. The molecule has 122 valence electrons. The zero-order chi connectivity index (χ0) is 16.2. The molecule has 9 heteroatoms. The number of ether oxygens (including phenoxy) is 1. The van der Waals surface area contributed by atoms with Gasteiger partial charge in [-0.1, -0.05) is 0 Å². The molecule has 0 radical (unpaired) electrons. The average molecular weight is 312 g/mol. The van der Waals surface area contributed by atoms with Crippen LogP contribution in [0.1, 0.15) is 6.42 Å². The lowest BCUT2D eigenvalue weighted by atomic mass is 10.2. The topological polar surface area (TPSA) is 100 Å². The van der Waals surface area contributed by atoms with E-state index in [-0.39, 0.29) is 12.2 Å². The Morgan fingerprint density at radius 3 is 2.50 bits per heavy atom. The van der Waals surface area contributed by atoms with Gasteiger partial charge in [0.25, 0.3) is 5.56 Å². The number of hydrogen-bond donors (Lipinski definition) is 2. The minimum absolute atomic E-state index is 0.274. The van der Waals surface area contributed by atoms with Gasteiger partial charge >= 0.3 is 5.69 Å². The summed E-state index contributed by atoms with van der Waals surface area (Å²) < 4.78 is 8.13. The van der Waals surface area contributed by atoms with Crippen molar-refractivity contribution >= 4 is 11.5 Å². The summed E-state index contributed by atoms with van der Waals surface area (Å²) >= 11 is 0. The van der Waals surface area contributed by atoms with Crippen LogP contribution in [0.25, 0.3) is 0 Å². The van der Waals surface area contributed by atoms with Crippen LogP contribution in [0.3, 0.4) is 0 Å². The van der Waals surface area contributed by atoms with Crippen LogP contribution < -0.4 is 21.0 Å². The van der Waals surface area contributed by atoms with E-state index in [1.165, 1.54) is 11.6 Å². The number of aromatic nitrogens is 2. The van der Waals surface area contributed by atoms with E-state index in [2.05, 4.69) is 0 Å². The first-order chi connectivity index (χ1) is 10.4. The van der Waals surface area contributed by atoms with Crippen LogP contribution in [0.4, 0.5) is 11.5 Å². The highest BCUT2D eigenvalue weighted by Gasteiger charge is 2.42. The highest BCUT2D eigenvalue weighted by molar-refractivity contribution is 5.71. The molecule has 3 atom stereocenters. The fraction of sp³-hybridized carbons (Fsp3) is 0.692. The number of anilines is 2. The maximum Gasteiger partial charge on any atom is 0.332 e. The van der Waals surface area contributed by atoms with Crippen molar-refractivity contribution in [3.63, 3.8) is 0 Å².